The van der Waals surface area contributed by atoms with Crippen molar-refractivity contribution in [3.8, 4) is 17.3 Å². The second kappa shape index (κ2) is 20.9. The number of thiazole rings is 1. The van der Waals surface area contributed by atoms with E-state index in [2.05, 4.69) is 55.0 Å². The van der Waals surface area contributed by atoms with Crippen LogP contribution < -0.4 is 33.0 Å². The Hall–Kier alpha value is -8.37. The zero-order valence-electron chi connectivity index (χ0n) is 37.6. The summed E-state index contributed by atoms with van der Waals surface area (Å²) in [6, 6.07) is 28.5. The number of nitriles is 1. The number of nitrogens with one attached hydrogen (secondary N) is 3. The van der Waals surface area contributed by atoms with E-state index in [-0.39, 0.29) is 76.5 Å². The first kappa shape index (κ1) is 52.9. The average molecular weight is 1120 g/mol. The molecule has 8 aromatic rings. The molecule has 28 nitrogen and oxygen atoms in total. The lowest BCUT2D eigenvalue weighted by molar-refractivity contribution is -0.384. The molecule has 0 aliphatic carbocycles. The van der Waals surface area contributed by atoms with E-state index >= 15 is 0 Å². The number of nitro benzene ring substituents is 1. The van der Waals surface area contributed by atoms with Crippen LogP contribution >= 0.6 is 11.3 Å². The van der Waals surface area contributed by atoms with Crippen LogP contribution in [0, 0.1) is 28.4 Å². The topological polar surface area (TPSA) is 441 Å². The first-order valence-electron chi connectivity index (χ1n) is 20.5. The molecule has 0 bridgehead atoms. The molecular formula is C42H32N14O14S5. The third-order valence-corrected chi connectivity index (χ3v) is 15.2. The van der Waals surface area contributed by atoms with Gasteiger partial charge in [-0.05, 0) is 84.4 Å². The third kappa shape index (κ3) is 11.6. The summed E-state index contributed by atoms with van der Waals surface area (Å²) in [6.45, 7) is 1.53. The SMILES string of the molecule is Cc1c(C#N)c(Nc2ccc(S(=O)(=O)ON)cc2)nc(Nc2ccc(S(=O)(=O)ON)cc2)c1N=Nc1nc(-c2ccc3ccccc3c2)c(N=Nc2cc(S(=O)(=O)ON)c3cc([N+](=O)[O-])cc(NS(=O)(=O)O)c3c2)s1. The van der Waals surface area contributed by atoms with Gasteiger partial charge in [0.2, 0.25) is 5.13 Å². The fourth-order valence-electron chi connectivity index (χ4n) is 7.10. The molecule has 10 N–H and O–H groups in total. The molecule has 0 saturated heterocycles. The van der Waals surface area contributed by atoms with Gasteiger partial charge in [-0.25, -0.2) is 9.97 Å². The van der Waals surface area contributed by atoms with Crippen LogP contribution in [-0.4, -0.2) is 53.1 Å². The third-order valence-electron chi connectivity index (χ3n) is 10.6. The molecule has 0 fully saturated rings. The number of anilines is 5. The first-order chi connectivity index (χ1) is 35.5. The summed E-state index contributed by atoms with van der Waals surface area (Å²) in [4.78, 5) is 18.8. The van der Waals surface area contributed by atoms with Gasteiger partial charge in [-0.2, -0.15) is 69.5 Å². The molecular weight excluding hydrogens is 1080 g/mol. The predicted octanol–water partition coefficient (Wildman–Crippen LogP) is 7.87. The van der Waals surface area contributed by atoms with Gasteiger partial charge in [0.25, 0.3) is 5.69 Å². The number of nitrogens with two attached hydrogens (primary N) is 3. The standard InChI is InChI=1S/C42H32N14O14S5/c1-22-34(21-43)39(47-26-8-12-30(13-9-26)72(59,60)68-44)50-40(48-27-10-14-31(15-11-27)73(61,62)69-45)37(22)52-54-42-49-38(25-7-6-23-4-2-3-5-24(23)16-25)41(71-42)53-51-28-17-32-33(36(18-28)74(63,64)70-46)19-29(56(57)58)20-35(32)55-75(65,66)67/h2-20,55H,44-46H2,1H3,(H2,47,48,50)(H,65,66,67). The van der Waals surface area contributed by atoms with E-state index < -0.39 is 67.2 Å². The Bertz CT molecular complexity index is 4200. The van der Waals surface area contributed by atoms with Gasteiger partial charge in [0.15, 0.2) is 16.6 Å². The summed E-state index contributed by atoms with van der Waals surface area (Å²) in [5.74, 6) is 14.9. The number of nitrogens with zero attached hydrogens (tertiary/aromatic N) is 8. The molecule has 384 valence electrons. The van der Waals surface area contributed by atoms with Crippen molar-refractivity contribution in [1.29, 1.82) is 5.26 Å². The predicted molar refractivity (Wildman–Crippen MR) is 270 cm³/mol. The van der Waals surface area contributed by atoms with Crippen molar-refractivity contribution in [2.75, 3.05) is 15.4 Å². The van der Waals surface area contributed by atoms with Gasteiger partial charge < -0.3 is 10.6 Å². The first-order valence-corrected chi connectivity index (χ1v) is 26.9. The van der Waals surface area contributed by atoms with E-state index in [0.717, 1.165) is 46.4 Å². The highest BCUT2D eigenvalue weighted by atomic mass is 32.2. The maximum atomic E-state index is 13.2. The van der Waals surface area contributed by atoms with Crippen LogP contribution in [0.25, 0.3) is 32.8 Å². The summed E-state index contributed by atoms with van der Waals surface area (Å²) in [7, 11) is -18.6. The van der Waals surface area contributed by atoms with Gasteiger partial charge in [-0.15, -0.1) is 20.5 Å². The van der Waals surface area contributed by atoms with Crippen LogP contribution in [0.2, 0.25) is 0 Å². The Balaban J connectivity index is 1.27. The van der Waals surface area contributed by atoms with Crippen molar-refractivity contribution in [1.82, 2.24) is 9.97 Å². The molecule has 75 heavy (non-hydrogen) atoms. The maximum absolute atomic E-state index is 13.2. The molecule has 2 aromatic heterocycles. The van der Waals surface area contributed by atoms with E-state index in [4.69, 9.17) is 22.7 Å². The Morgan fingerprint density at radius 3 is 1.87 bits per heavy atom. The molecule has 0 unspecified atom stereocenters. The Morgan fingerprint density at radius 2 is 1.29 bits per heavy atom. The van der Waals surface area contributed by atoms with Gasteiger partial charge >= 0.3 is 40.7 Å². The van der Waals surface area contributed by atoms with Crippen molar-refractivity contribution < 1.29 is 56.0 Å². The van der Waals surface area contributed by atoms with Gasteiger partial charge in [-0.1, -0.05) is 47.7 Å². The zero-order valence-corrected chi connectivity index (χ0v) is 41.7. The van der Waals surface area contributed by atoms with Crippen LogP contribution in [0.15, 0.2) is 150 Å². The van der Waals surface area contributed by atoms with Crippen molar-refractivity contribution in [2.45, 2.75) is 21.6 Å². The quantitative estimate of drug-likeness (QED) is 0.0186. The van der Waals surface area contributed by atoms with Crippen LogP contribution in [0.1, 0.15) is 11.1 Å². The number of aromatic nitrogens is 2. The number of fused-ring (bicyclic) bond motifs is 2. The molecule has 0 saturated carbocycles. The Morgan fingerprint density at radius 1 is 0.693 bits per heavy atom. The lowest BCUT2D eigenvalue weighted by Crippen LogP contribution is -2.13. The van der Waals surface area contributed by atoms with E-state index in [1.165, 1.54) is 55.5 Å². The summed E-state index contributed by atoms with van der Waals surface area (Å²) in [6.07, 6.45) is 0. The second-order valence-corrected chi connectivity index (χ2v) is 22.0. The number of pyridine rings is 1. The zero-order chi connectivity index (χ0) is 54.0. The summed E-state index contributed by atoms with van der Waals surface area (Å²) in [5.41, 5.74) is -0.418. The van der Waals surface area contributed by atoms with Gasteiger partial charge in [-0.3, -0.25) is 19.4 Å². The summed E-state index contributed by atoms with van der Waals surface area (Å²) in [5, 5.41) is 46.6. The molecule has 33 heteroatoms. The smallest absolute Gasteiger partial charge is 0.339 e. The van der Waals surface area contributed by atoms with E-state index in [9.17, 15) is 53.6 Å². The fourth-order valence-corrected chi connectivity index (χ4v) is 10.3. The normalized spacial score (nSPS) is 12.4. The van der Waals surface area contributed by atoms with Crippen LogP contribution in [0.3, 0.4) is 0 Å². The van der Waals surface area contributed by atoms with Gasteiger partial charge in [0.05, 0.1) is 31.7 Å². The number of rotatable bonds is 18. The summed E-state index contributed by atoms with van der Waals surface area (Å²) >= 11 is 0.822. The number of benzene rings is 6. The minimum atomic E-state index is -5.10. The van der Waals surface area contributed by atoms with Crippen molar-refractivity contribution >= 4 is 129 Å². The Labute approximate surface area is 427 Å². The highest BCUT2D eigenvalue weighted by Crippen LogP contribution is 2.44. The van der Waals surface area contributed by atoms with Crippen molar-refractivity contribution in [3.05, 3.63) is 137 Å². The monoisotopic (exact) mass is 1120 g/mol. The second-order valence-electron chi connectivity index (χ2n) is 15.2. The molecule has 0 radical (unpaired) electrons. The molecule has 0 spiro atoms. The molecule has 2 heterocycles. The molecule has 0 amide bonds. The number of hydrogen-bond donors (Lipinski definition) is 7. The average Bonchev–Trinajstić information content (AvgIpc) is 3.80. The largest absolute Gasteiger partial charge is 0.357 e. The number of hydrogen-bond acceptors (Lipinski definition) is 26. The van der Waals surface area contributed by atoms with Crippen LogP contribution in [-0.2, 0) is 53.5 Å². The van der Waals surface area contributed by atoms with Crippen molar-refractivity contribution in [2.24, 2.45) is 38.1 Å². The lowest BCUT2D eigenvalue weighted by atomic mass is 10.1. The Kier molecular flexibility index (Phi) is 14.7. The number of non-ortho nitro benzene ring substituents is 1. The molecule has 6 aromatic carbocycles. The maximum Gasteiger partial charge on any atom is 0.357 e. The van der Waals surface area contributed by atoms with Crippen molar-refractivity contribution in [3.63, 3.8) is 0 Å². The molecule has 0 aliphatic rings. The highest BCUT2D eigenvalue weighted by Gasteiger charge is 2.26. The summed E-state index contributed by atoms with van der Waals surface area (Å²) < 4.78 is 123. The van der Waals surface area contributed by atoms with Crippen LogP contribution in [0.5, 0.6) is 0 Å². The van der Waals surface area contributed by atoms with E-state index in [1.54, 1.807) is 16.9 Å². The lowest BCUT2D eigenvalue weighted by Gasteiger charge is -2.16. The fraction of sp³-hybridized carbons (Fsp3) is 0.0238. The van der Waals surface area contributed by atoms with Gasteiger partial charge in [0, 0.05) is 45.4 Å². The highest BCUT2D eigenvalue weighted by molar-refractivity contribution is 7.87. The van der Waals surface area contributed by atoms with E-state index in [0.29, 0.717) is 5.56 Å². The molecule has 0 atom stereocenters. The molecule has 0 aliphatic heterocycles. The minimum Gasteiger partial charge on any atom is -0.339 e. The van der Waals surface area contributed by atoms with Gasteiger partial charge in [0.1, 0.15) is 22.3 Å². The number of nitro groups is 1. The minimum absolute atomic E-state index is 0.0344. The van der Waals surface area contributed by atoms with E-state index in [1.807, 2.05) is 30.3 Å². The number of azo groups is 2. The molecule has 8 rings (SSSR count). The van der Waals surface area contributed by atoms with Crippen LogP contribution in [0.4, 0.5) is 55.9 Å².